The molecule has 3 aromatic rings. The van der Waals surface area contributed by atoms with Gasteiger partial charge < -0.3 is 14.8 Å². The van der Waals surface area contributed by atoms with Gasteiger partial charge in [0, 0.05) is 29.8 Å². The largest absolute Gasteiger partial charge is 0.467 e. The molecule has 2 aromatic heterocycles. The highest BCUT2D eigenvalue weighted by atomic mass is 19.1. The molecule has 1 amide bonds. The molecule has 0 atom stereocenters. The van der Waals surface area contributed by atoms with Crippen molar-refractivity contribution in [3.8, 4) is 11.4 Å². The Kier molecular flexibility index (Phi) is 6.00. The van der Waals surface area contributed by atoms with Crippen molar-refractivity contribution in [3.05, 3.63) is 75.9 Å². The van der Waals surface area contributed by atoms with Gasteiger partial charge in [-0.1, -0.05) is 12.1 Å². The van der Waals surface area contributed by atoms with Crippen LogP contribution in [0.2, 0.25) is 0 Å². The number of amides is 1. The minimum absolute atomic E-state index is 0.120. The monoisotopic (exact) mass is 385 g/mol. The lowest BCUT2D eigenvalue weighted by Gasteiger charge is -2.15. The molecule has 0 bridgehead atoms. The first-order valence-corrected chi connectivity index (χ1v) is 8.75. The lowest BCUT2D eigenvalue weighted by atomic mass is 10.1. The lowest BCUT2D eigenvalue weighted by Crippen LogP contribution is -2.35. The van der Waals surface area contributed by atoms with Gasteiger partial charge in [0.1, 0.15) is 23.9 Å². The van der Waals surface area contributed by atoms with E-state index < -0.39 is 17.3 Å². The zero-order chi connectivity index (χ0) is 20.1. The second-order valence-electron chi connectivity index (χ2n) is 6.23. The first-order valence-electron chi connectivity index (χ1n) is 8.75. The number of aryl methyl sites for hydroxylation is 1. The summed E-state index contributed by atoms with van der Waals surface area (Å²) in [5.74, 6) is -0.125. The van der Waals surface area contributed by atoms with Gasteiger partial charge in [0.2, 0.25) is 5.91 Å². The summed E-state index contributed by atoms with van der Waals surface area (Å²) in [7, 11) is 0. The third-order valence-corrected chi connectivity index (χ3v) is 4.26. The van der Waals surface area contributed by atoms with Crippen molar-refractivity contribution >= 4 is 5.91 Å². The summed E-state index contributed by atoms with van der Waals surface area (Å²) in [5, 5.41) is 11.9. The Morgan fingerprint density at radius 1 is 1.32 bits per heavy atom. The van der Waals surface area contributed by atoms with Gasteiger partial charge in [0.05, 0.1) is 12.8 Å². The Balaban J connectivity index is 1.97. The number of halogens is 1. The average molecular weight is 385 g/mol. The Morgan fingerprint density at radius 2 is 2.14 bits per heavy atom. The van der Waals surface area contributed by atoms with E-state index in [1.165, 1.54) is 29.0 Å². The maximum absolute atomic E-state index is 13.7. The van der Waals surface area contributed by atoms with Gasteiger partial charge in [-0.05, 0) is 31.2 Å². The van der Waals surface area contributed by atoms with E-state index in [0.717, 1.165) is 0 Å². The third kappa shape index (κ3) is 4.34. The number of hydrogen-bond donors (Lipinski definition) is 2. The minimum atomic E-state index is -0.474. The van der Waals surface area contributed by atoms with Crippen molar-refractivity contribution < 1.29 is 18.7 Å². The minimum Gasteiger partial charge on any atom is -0.467 e. The van der Waals surface area contributed by atoms with Gasteiger partial charge in [0.15, 0.2) is 0 Å². The standard InChI is InChI=1S/C20H20FN3O4/c1-13-17(7-8-25)20(27)24(12-18(26)22-11-16-6-3-9-28-16)19(23-13)14-4-2-5-15(21)10-14/h2-6,9-10,25H,7-8,11-12H2,1H3,(H,22,26). The zero-order valence-electron chi connectivity index (χ0n) is 15.3. The Bertz CT molecular complexity index is 1030. The molecule has 0 fully saturated rings. The van der Waals surface area contributed by atoms with Crippen molar-refractivity contribution in [3.63, 3.8) is 0 Å². The van der Waals surface area contributed by atoms with Gasteiger partial charge >= 0.3 is 0 Å². The molecular weight excluding hydrogens is 365 g/mol. The fourth-order valence-corrected chi connectivity index (χ4v) is 2.89. The first kappa shape index (κ1) is 19.5. The number of nitrogens with zero attached hydrogens (tertiary/aromatic N) is 2. The van der Waals surface area contributed by atoms with Crippen molar-refractivity contribution in [2.45, 2.75) is 26.4 Å². The smallest absolute Gasteiger partial charge is 0.257 e. The molecule has 0 saturated carbocycles. The van der Waals surface area contributed by atoms with Crippen molar-refractivity contribution in [1.82, 2.24) is 14.9 Å². The van der Waals surface area contributed by atoms with Gasteiger partial charge in [-0.2, -0.15) is 0 Å². The molecule has 1 aromatic carbocycles. The number of aliphatic hydroxyl groups excluding tert-OH is 1. The topological polar surface area (TPSA) is 97.4 Å². The molecule has 28 heavy (non-hydrogen) atoms. The van der Waals surface area contributed by atoms with Gasteiger partial charge in [-0.15, -0.1) is 0 Å². The molecule has 0 radical (unpaired) electrons. The zero-order valence-corrected chi connectivity index (χ0v) is 15.3. The van der Waals surface area contributed by atoms with E-state index in [9.17, 15) is 19.1 Å². The molecular formula is C20H20FN3O4. The highest BCUT2D eigenvalue weighted by Crippen LogP contribution is 2.18. The predicted octanol–water partition coefficient (Wildman–Crippen LogP) is 1.80. The van der Waals surface area contributed by atoms with Crippen LogP contribution in [0.15, 0.2) is 51.9 Å². The highest BCUT2D eigenvalue weighted by Gasteiger charge is 2.18. The fraction of sp³-hybridized carbons (Fsp3) is 0.250. The van der Waals surface area contributed by atoms with Crippen molar-refractivity contribution in [2.75, 3.05) is 6.61 Å². The summed E-state index contributed by atoms with van der Waals surface area (Å²) in [6.45, 7) is 1.31. The lowest BCUT2D eigenvalue weighted by molar-refractivity contribution is -0.121. The summed E-state index contributed by atoms with van der Waals surface area (Å²) < 4.78 is 20.1. The second-order valence-corrected chi connectivity index (χ2v) is 6.23. The molecule has 3 rings (SSSR count). The number of rotatable bonds is 7. The van der Waals surface area contributed by atoms with Crippen LogP contribution in [0.3, 0.4) is 0 Å². The van der Waals surface area contributed by atoms with Crippen LogP contribution in [0.25, 0.3) is 11.4 Å². The molecule has 0 aliphatic rings. The van der Waals surface area contributed by atoms with Crippen LogP contribution in [0.5, 0.6) is 0 Å². The van der Waals surface area contributed by atoms with Gasteiger partial charge in [-0.25, -0.2) is 9.37 Å². The SMILES string of the molecule is Cc1nc(-c2cccc(F)c2)n(CC(=O)NCc2ccco2)c(=O)c1CCO. The van der Waals surface area contributed by atoms with E-state index in [4.69, 9.17) is 4.42 Å². The van der Waals surface area contributed by atoms with E-state index in [2.05, 4.69) is 10.3 Å². The highest BCUT2D eigenvalue weighted by molar-refractivity contribution is 5.76. The number of hydrogen-bond acceptors (Lipinski definition) is 5. The van der Waals surface area contributed by atoms with Crippen LogP contribution in [-0.4, -0.2) is 27.2 Å². The molecule has 0 spiro atoms. The molecule has 0 aliphatic carbocycles. The van der Waals surface area contributed by atoms with E-state index in [1.807, 2.05) is 0 Å². The summed E-state index contributed by atoms with van der Waals surface area (Å²) in [4.78, 5) is 29.8. The molecule has 2 N–H and O–H groups in total. The van der Waals surface area contributed by atoms with Crippen LogP contribution in [0.4, 0.5) is 4.39 Å². The van der Waals surface area contributed by atoms with Crippen LogP contribution < -0.4 is 10.9 Å². The Labute approximate surface area is 160 Å². The van der Waals surface area contributed by atoms with Crippen LogP contribution in [0.1, 0.15) is 17.0 Å². The maximum Gasteiger partial charge on any atom is 0.257 e. The number of carbonyl (C=O) groups excluding carboxylic acids is 1. The van der Waals surface area contributed by atoms with E-state index >= 15 is 0 Å². The predicted molar refractivity (Wildman–Crippen MR) is 100.0 cm³/mol. The Morgan fingerprint density at radius 3 is 2.82 bits per heavy atom. The number of aliphatic hydroxyl groups is 1. The molecule has 7 nitrogen and oxygen atoms in total. The number of furan rings is 1. The summed E-state index contributed by atoms with van der Waals surface area (Å²) in [6.07, 6.45) is 1.62. The van der Waals surface area contributed by atoms with Gasteiger partial charge in [0.25, 0.3) is 5.56 Å². The summed E-state index contributed by atoms with van der Waals surface area (Å²) >= 11 is 0. The van der Waals surface area contributed by atoms with E-state index in [1.54, 1.807) is 25.1 Å². The van der Waals surface area contributed by atoms with Crippen LogP contribution in [0, 0.1) is 12.7 Å². The Hall–Kier alpha value is -3.26. The molecule has 146 valence electrons. The number of aromatic nitrogens is 2. The van der Waals surface area contributed by atoms with E-state index in [0.29, 0.717) is 22.6 Å². The number of benzene rings is 1. The second kappa shape index (κ2) is 8.62. The number of carbonyl (C=O) groups is 1. The first-order chi connectivity index (χ1) is 13.5. The van der Waals surface area contributed by atoms with Crippen LogP contribution in [-0.2, 0) is 24.3 Å². The molecule has 2 heterocycles. The summed E-state index contributed by atoms with van der Waals surface area (Å²) in [5.41, 5.74) is 0.704. The molecule has 8 heteroatoms. The van der Waals surface area contributed by atoms with Crippen LogP contribution >= 0.6 is 0 Å². The number of nitrogens with one attached hydrogen (secondary N) is 1. The molecule has 0 saturated heterocycles. The molecule has 0 aliphatic heterocycles. The normalized spacial score (nSPS) is 10.8. The fourth-order valence-electron chi connectivity index (χ4n) is 2.89. The van der Waals surface area contributed by atoms with Gasteiger partial charge in [-0.3, -0.25) is 14.2 Å². The van der Waals surface area contributed by atoms with Crippen molar-refractivity contribution in [2.24, 2.45) is 0 Å². The summed E-state index contributed by atoms with van der Waals surface area (Å²) in [6, 6.07) is 9.10. The van der Waals surface area contributed by atoms with Crippen molar-refractivity contribution in [1.29, 1.82) is 0 Å². The quantitative estimate of drug-likeness (QED) is 0.646. The third-order valence-electron chi connectivity index (χ3n) is 4.26. The van der Waals surface area contributed by atoms with E-state index in [-0.39, 0.29) is 31.9 Å². The average Bonchev–Trinajstić information content (AvgIpc) is 3.19. The maximum atomic E-state index is 13.7. The molecule has 0 unspecified atom stereocenters.